The molecule has 5 heteroatoms. The molecule has 1 N–H and O–H groups in total. The summed E-state index contributed by atoms with van der Waals surface area (Å²) >= 11 is 3.54. The number of likely N-dealkylation sites (N-methyl/N-ethyl adjacent to an activating group) is 1. The summed E-state index contributed by atoms with van der Waals surface area (Å²) in [6, 6.07) is 2.94. The van der Waals surface area contributed by atoms with Gasteiger partial charge in [0.25, 0.3) is 0 Å². The predicted molar refractivity (Wildman–Crippen MR) is 81.5 cm³/mol. The van der Waals surface area contributed by atoms with Gasteiger partial charge in [0.15, 0.2) is 0 Å². The molecule has 104 valence electrons. The van der Waals surface area contributed by atoms with Crippen molar-refractivity contribution in [3.05, 3.63) is 22.3 Å². The van der Waals surface area contributed by atoms with E-state index in [0.29, 0.717) is 0 Å². The Morgan fingerprint density at radius 1 is 1.32 bits per heavy atom. The molecule has 0 bridgehead atoms. The van der Waals surface area contributed by atoms with Crippen molar-refractivity contribution in [3.63, 3.8) is 0 Å². The first-order valence-corrected chi connectivity index (χ1v) is 7.83. The van der Waals surface area contributed by atoms with Crippen molar-refractivity contribution >= 4 is 21.7 Å². The molecule has 1 aliphatic heterocycles. The zero-order valence-corrected chi connectivity index (χ0v) is 13.0. The highest BCUT2D eigenvalue weighted by molar-refractivity contribution is 9.10. The van der Waals surface area contributed by atoms with E-state index in [9.17, 15) is 0 Å². The van der Waals surface area contributed by atoms with E-state index in [0.717, 1.165) is 49.1 Å². The smallest absolute Gasteiger partial charge is 0.133 e. The van der Waals surface area contributed by atoms with Crippen LogP contribution in [-0.4, -0.2) is 49.2 Å². The lowest BCUT2D eigenvalue weighted by Gasteiger charge is -2.34. The van der Waals surface area contributed by atoms with E-state index in [4.69, 9.17) is 0 Å². The molecule has 1 aliphatic carbocycles. The van der Waals surface area contributed by atoms with Crippen LogP contribution in [0.15, 0.2) is 16.7 Å². The van der Waals surface area contributed by atoms with Crippen LogP contribution < -0.4 is 10.2 Å². The van der Waals surface area contributed by atoms with Crippen LogP contribution in [0.3, 0.4) is 0 Å². The van der Waals surface area contributed by atoms with Crippen molar-refractivity contribution in [3.8, 4) is 0 Å². The van der Waals surface area contributed by atoms with E-state index in [-0.39, 0.29) is 0 Å². The average molecular weight is 325 g/mol. The van der Waals surface area contributed by atoms with Gasteiger partial charge < -0.3 is 15.1 Å². The number of nitrogens with one attached hydrogen (secondary N) is 1. The number of pyridine rings is 1. The summed E-state index contributed by atoms with van der Waals surface area (Å²) < 4.78 is 1.07. The van der Waals surface area contributed by atoms with Crippen molar-refractivity contribution in [1.82, 2.24) is 15.2 Å². The minimum atomic E-state index is 0.735. The molecule has 0 unspecified atom stereocenters. The van der Waals surface area contributed by atoms with E-state index < -0.39 is 0 Å². The van der Waals surface area contributed by atoms with Crippen LogP contribution in [0.1, 0.15) is 18.4 Å². The molecule has 0 radical (unpaired) electrons. The number of anilines is 1. The Hall–Kier alpha value is -0.650. The lowest BCUT2D eigenvalue weighted by atomic mass is 10.2. The molecule has 4 nitrogen and oxygen atoms in total. The van der Waals surface area contributed by atoms with E-state index in [1.807, 2.05) is 6.20 Å². The fourth-order valence-corrected chi connectivity index (χ4v) is 2.83. The van der Waals surface area contributed by atoms with Crippen molar-refractivity contribution in [2.45, 2.75) is 25.4 Å². The maximum atomic E-state index is 4.65. The summed E-state index contributed by atoms with van der Waals surface area (Å²) in [5, 5.41) is 3.59. The molecular weight excluding hydrogens is 304 g/mol. The van der Waals surface area contributed by atoms with Gasteiger partial charge in [-0.15, -0.1) is 0 Å². The first kappa shape index (κ1) is 13.3. The molecule has 1 aromatic heterocycles. The van der Waals surface area contributed by atoms with E-state index in [2.05, 4.69) is 49.1 Å². The van der Waals surface area contributed by atoms with Gasteiger partial charge in [-0.25, -0.2) is 4.98 Å². The Bertz CT molecular complexity index is 439. The second-order valence-corrected chi connectivity index (χ2v) is 6.50. The van der Waals surface area contributed by atoms with Crippen molar-refractivity contribution in [1.29, 1.82) is 0 Å². The zero-order valence-electron chi connectivity index (χ0n) is 11.4. The highest BCUT2D eigenvalue weighted by atomic mass is 79.9. The highest BCUT2D eigenvalue weighted by Crippen LogP contribution is 2.25. The number of hydrogen-bond donors (Lipinski definition) is 1. The maximum absolute atomic E-state index is 4.65. The number of piperazine rings is 1. The lowest BCUT2D eigenvalue weighted by molar-refractivity contribution is 0.311. The summed E-state index contributed by atoms with van der Waals surface area (Å²) in [6.45, 7) is 5.31. The van der Waals surface area contributed by atoms with Gasteiger partial charge in [-0.1, -0.05) is 0 Å². The molecule has 1 saturated heterocycles. The largest absolute Gasteiger partial charge is 0.354 e. The number of nitrogens with zero attached hydrogens (tertiary/aromatic N) is 3. The monoisotopic (exact) mass is 324 g/mol. The molecule has 19 heavy (non-hydrogen) atoms. The van der Waals surface area contributed by atoms with Gasteiger partial charge in [0.05, 0.1) is 0 Å². The van der Waals surface area contributed by atoms with Crippen molar-refractivity contribution in [2.24, 2.45) is 0 Å². The van der Waals surface area contributed by atoms with Crippen LogP contribution in [0.5, 0.6) is 0 Å². The first-order chi connectivity index (χ1) is 9.22. The molecule has 2 heterocycles. The van der Waals surface area contributed by atoms with E-state index >= 15 is 0 Å². The SMILES string of the molecule is CN1CCN(c2ncc(Br)cc2CNC2CC2)CC1. The Balaban J connectivity index is 1.74. The van der Waals surface area contributed by atoms with Crippen molar-refractivity contribution in [2.75, 3.05) is 38.1 Å². The fraction of sp³-hybridized carbons (Fsp3) is 0.643. The Morgan fingerprint density at radius 2 is 2.05 bits per heavy atom. The average Bonchev–Trinajstić information content (AvgIpc) is 3.22. The standard InChI is InChI=1S/C14H21BrN4/c1-18-4-6-19(7-5-18)14-11(8-12(15)10-17-14)9-16-13-2-3-13/h8,10,13,16H,2-7,9H2,1H3. The van der Waals surface area contributed by atoms with Crippen LogP contribution in [0.2, 0.25) is 0 Å². The molecule has 2 fully saturated rings. The van der Waals surface area contributed by atoms with Gasteiger partial charge in [-0.3, -0.25) is 0 Å². The highest BCUT2D eigenvalue weighted by Gasteiger charge is 2.22. The summed E-state index contributed by atoms with van der Waals surface area (Å²) in [5.41, 5.74) is 1.31. The minimum Gasteiger partial charge on any atom is -0.354 e. The minimum absolute atomic E-state index is 0.735. The van der Waals surface area contributed by atoms with Crippen LogP contribution in [0.4, 0.5) is 5.82 Å². The maximum Gasteiger partial charge on any atom is 0.133 e. The summed E-state index contributed by atoms with van der Waals surface area (Å²) in [4.78, 5) is 9.43. The topological polar surface area (TPSA) is 31.4 Å². The third-order valence-electron chi connectivity index (χ3n) is 3.87. The normalized spacial score (nSPS) is 20.8. The van der Waals surface area contributed by atoms with Gasteiger partial charge in [-0.05, 0) is 41.9 Å². The van der Waals surface area contributed by atoms with Gasteiger partial charge >= 0.3 is 0 Å². The van der Waals surface area contributed by atoms with Crippen LogP contribution >= 0.6 is 15.9 Å². The number of hydrogen-bond acceptors (Lipinski definition) is 4. The lowest BCUT2D eigenvalue weighted by Crippen LogP contribution is -2.45. The number of aromatic nitrogens is 1. The summed E-state index contributed by atoms with van der Waals surface area (Å²) in [7, 11) is 2.18. The molecule has 0 amide bonds. The van der Waals surface area contributed by atoms with Crippen molar-refractivity contribution < 1.29 is 0 Å². The van der Waals surface area contributed by atoms with Crippen LogP contribution in [0.25, 0.3) is 0 Å². The molecule has 0 spiro atoms. The summed E-state index contributed by atoms with van der Waals surface area (Å²) in [6.07, 6.45) is 4.56. The second-order valence-electron chi connectivity index (χ2n) is 5.58. The van der Waals surface area contributed by atoms with Gasteiger partial charge in [-0.2, -0.15) is 0 Å². The molecule has 1 saturated carbocycles. The van der Waals surface area contributed by atoms with Crippen LogP contribution in [0, 0.1) is 0 Å². The van der Waals surface area contributed by atoms with E-state index in [1.54, 1.807) is 0 Å². The third-order valence-corrected chi connectivity index (χ3v) is 4.30. The second kappa shape index (κ2) is 5.77. The third kappa shape index (κ3) is 3.46. The Labute approximate surface area is 123 Å². The molecular formula is C14H21BrN4. The number of rotatable bonds is 4. The Kier molecular flexibility index (Phi) is 4.05. The van der Waals surface area contributed by atoms with Gasteiger partial charge in [0, 0.05) is 55.0 Å². The zero-order chi connectivity index (χ0) is 13.2. The number of halogens is 1. The molecule has 3 rings (SSSR count). The molecule has 0 aromatic carbocycles. The molecule has 2 aliphatic rings. The fourth-order valence-electron chi connectivity index (χ4n) is 2.45. The quantitative estimate of drug-likeness (QED) is 0.915. The predicted octanol–water partition coefficient (Wildman–Crippen LogP) is 1.85. The van der Waals surface area contributed by atoms with Gasteiger partial charge in [0.2, 0.25) is 0 Å². The van der Waals surface area contributed by atoms with Crippen LogP contribution in [-0.2, 0) is 6.54 Å². The summed E-state index contributed by atoms with van der Waals surface area (Å²) in [5.74, 6) is 1.16. The van der Waals surface area contributed by atoms with E-state index in [1.165, 1.54) is 18.4 Å². The van der Waals surface area contributed by atoms with Gasteiger partial charge in [0.1, 0.15) is 5.82 Å². The first-order valence-electron chi connectivity index (χ1n) is 7.03. The molecule has 0 atom stereocenters. The Morgan fingerprint density at radius 3 is 2.74 bits per heavy atom. The molecule has 1 aromatic rings.